The predicted molar refractivity (Wildman–Crippen MR) is 80.5 cm³/mol. The summed E-state index contributed by atoms with van der Waals surface area (Å²) in [5.41, 5.74) is 6.81. The van der Waals surface area contributed by atoms with E-state index >= 15 is 0 Å². The first-order chi connectivity index (χ1) is 9.43. The molecule has 0 aromatic heterocycles. The smallest absolute Gasteiger partial charge is 0.138 e. The van der Waals surface area contributed by atoms with E-state index in [0.717, 1.165) is 0 Å². The molecule has 0 aliphatic heterocycles. The molecular weight excluding hydrogens is 324 g/mol. The SMILES string of the molecule is COc1cc(Cl)c(C(N)c2cc(Cl)ccc2F)cc1Cl. The molecule has 0 spiro atoms. The summed E-state index contributed by atoms with van der Waals surface area (Å²) in [6.07, 6.45) is 0. The van der Waals surface area contributed by atoms with Crippen LogP contribution in [-0.2, 0) is 0 Å². The molecular formula is C14H11Cl3FNO. The monoisotopic (exact) mass is 333 g/mol. The van der Waals surface area contributed by atoms with E-state index in [0.29, 0.717) is 26.4 Å². The minimum Gasteiger partial charge on any atom is -0.495 e. The number of methoxy groups -OCH3 is 1. The minimum atomic E-state index is -0.774. The van der Waals surface area contributed by atoms with Gasteiger partial charge >= 0.3 is 0 Å². The molecule has 0 aliphatic carbocycles. The van der Waals surface area contributed by atoms with Gasteiger partial charge in [-0.05, 0) is 29.8 Å². The maximum atomic E-state index is 13.8. The number of nitrogens with two attached hydrogens (primary N) is 1. The van der Waals surface area contributed by atoms with E-state index in [1.54, 1.807) is 12.1 Å². The summed E-state index contributed by atoms with van der Waals surface area (Å²) in [7, 11) is 1.48. The second-order valence-corrected chi connectivity index (χ2v) is 5.40. The van der Waals surface area contributed by atoms with E-state index in [1.807, 2.05) is 0 Å². The lowest BCUT2D eigenvalue weighted by molar-refractivity contribution is 0.415. The van der Waals surface area contributed by atoms with Crippen molar-refractivity contribution in [1.82, 2.24) is 0 Å². The Kier molecular flexibility index (Phi) is 4.76. The molecule has 2 rings (SSSR count). The van der Waals surface area contributed by atoms with Crippen molar-refractivity contribution < 1.29 is 9.13 Å². The topological polar surface area (TPSA) is 35.2 Å². The van der Waals surface area contributed by atoms with Gasteiger partial charge in [-0.25, -0.2) is 4.39 Å². The third kappa shape index (κ3) is 3.01. The van der Waals surface area contributed by atoms with Crippen molar-refractivity contribution in [2.45, 2.75) is 6.04 Å². The van der Waals surface area contributed by atoms with E-state index in [-0.39, 0.29) is 5.56 Å². The summed E-state index contributed by atoms with van der Waals surface area (Å²) in [5, 5.41) is 1.09. The zero-order chi connectivity index (χ0) is 14.9. The largest absolute Gasteiger partial charge is 0.495 e. The molecule has 0 aliphatic rings. The molecule has 1 unspecified atom stereocenters. The highest BCUT2D eigenvalue weighted by atomic mass is 35.5. The molecule has 6 heteroatoms. The highest BCUT2D eigenvalue weighted by Crippen LogP contribution is 2.36. The quantitative estimate of drug-likeness (QED) is 0.871. The zero-order valence-corrected chi connectivity index (χ0v) is 12.7. The van der Waals surface area contributed by atoms with Gasteiger partial charge in [0.25, 0.3) is 0 Å². The highest BCUT2D eigenvalue weighted by molar-refractivity contribution is 6.34. The van der Waals surface area contributed by atoms with E-state index < -0.39 is 11.9 Å². The Morgan fingerprint density at radius 3 is 2.40 bits per heavy atom. The number of hydrogen-bond donors (Lipinski definition) is 1. The third-order valence-corrected chi connectivity index (χ3v) is 3.76. The molecule has 0 saturated heterocycles. The van der Waals surface area contributed by atoms with Gasteiger partial charge in [-0.2, -0.15) is 0 Å². The molecule has 1 atom stereocenters. The van der Waals surface area contributed by atoms with Crippen molar-refractivity contribution in [3.05, 3.63) is 62.3 Å². The Hall–Kier alpha value is -1.00. The van der Waals surface area contributed by atoms with Gasteiger partial charge in [0.05, 0.1) is 18.2 Å². The summed E-state index contributed by atoms with van der Waals surface area (Å²) in [6, 6.07) is 6.52. The van der Waals surface area contributed by atoms with Crippen LogP contribution in [0.1, 0.15) is 17.2 Å². The van der Waals surface area contributed by atoms with Gasteiger partial charge in [0.1, 0.15) is 11.6 Å². The maximum Gasteiger partial charge on any atom is 0.138 e. The standard InChI is InChI=1S/C14H11Cl3FNO/c1-20-13-6-10(16)8(5-11(13)17)14(19)9-4-7(15)2-3-12(9)18/h2-6,14H,19H2,1H3. The van der Waals surface area contributed by atoms with Gasteiger partial charge in [0, 0.05) is 21.7 Å². The van der Waals surface area contributed by atoms with Crippen molar-refractivity contribution in [2.75, 3.05) is 7.11 Å². The molecule has 0 fully saturated rings. The average molecular weight is 335 g/mol. The van der Waals surface area contributed by atoms with E-state index in [4.69, 9.17) is 45.3 Å². The molecule has 0 amide bonds. The summed E-state index contributed by atoms with van der Waals surface area (Å²) in [6.45, 7) is 0. The zero-order valence-electron chi connectivity index (χ0n) is 10.5. The summed E-state index contributed by atoms with van der Waals surface area (Å²) >= 11 is 18.1. The number of halogens is 4. The molecule has 0 saturated carbocycles. The number of rotatable bonds is 3. The van der Waals surface area contributed by atoms with E-state index in [1.165, 1.54) is 25.3 Å². The predicted octanol–water partition coefficient (Wildman–Crippen LogP) is 4.84. The molecule has 0 radical (unpaired) electrons. The molecule has 2 nitrogen and oxygen atoms in total. The van der Waals surface area contributed by atoms with Crippen LogP contribution >= 0.6 is 34.8 Å². The van der Waals surface area contributed by atoms with E-state index in [2.05, 4.69) is 0 Å². The molecule has 2 N–H and O–H groups in total. The number of hydrogen-bond acceptors (Lipinski definition) is 2. The third-order valence-electron chi connectivity index (χ3n) is 2.90. The molecule has 106 valence electrons. The number of benzene rings is 2. The highest BCUT2D eigenvalue weighted by Gasteiger charge is 2.19. The van der Waals surface area contributed by atoms with Crippen LogP contribution in [0, 0.1) is 5.82 Å². The first-order valence-electron chi connectivity index (χ1n) is 5.67. The van der Waals surface area contributed by atoms with Crippen LogP contribution in [0.2, 0.25) is 15.1 Å². The lowest BCUT2D eigenvalue weighted by Crippen LogP contribution is -2.14. The second kappa shape index (κ2) is 6.19. The van der Waals surface area contributed by atoms with Crippen molar-refractivity contribution in [3.8, 4) is 5.75 Å². The number of ether oxygens (including phenoxy) is 1. The van der Waals surface area contributed by atoms with Crippen molar-refractivity contribution in [3.63, 3.8) is 0 Å². The lowest BCUT2D eigenvalue weighted by atomic mass is 9.99. The van der Waals surface area contributed by atoms with Crippen molar-refractivity contribution in [2.24, 2.45) is 5.73 Å². The van der Waals surface area contributed by atoms with Gasteiger partial charge in [-0.15, -0.1) is 0 Å². The Morgan fingerprint density at radius 1 is 1.05 bits per heavy atom. The van der Waals surface area contributed by atoms with Gasteiger partial charge in [-0.3, -0.25) is 0 Å². The van der Waals surface area contributed by atoms with Crippen LogP contribution in [0.15, 0.2) is 30.3 Å². The second-order valence-electron chi connectivity index (χ2n) is 4.15. The molecule has 2 aromatic rings. The Morgan fingerprint density at radius 2 is 1.75 bits per heavy atom. The van der Waals surface area contributed by atoms with Crippen molar-refractivity contribution in [1.29, 1.82) is 0 Å². The summed E-state index contributed by atoms with van der Waals surface area (Å²) < 4.78 is 18.9. The van der Waals surface area contributed by atoms with Gasteiger partial charge in [0.15, 0.2) is 0 Å². The summed E-state index contributed by atoms with van der Waals surface area (Å²) in [5.74, 6) is -0.0240. The average Bonchev–Trinajstić information content (AvgIpc) is 2.42. The Bertz CT molecular complexity index is 649. The minimum absolute atomic E-state index is 0.251. The molecule has 20 heavy (non-hydrogen) atoms. The molecule has 2 aromatic carbocycles. The van der Waals surface area contributed by atoms with Crippen LogP contribution in [0.4, 0.5) is 4.39 Å². The van der Waals surface area contributed by atoms with Gasteiger partial charge in [-0.1, -0.05) is 34.8 Å². The fraction of sp³-hybridized carbons (Fsp3) is 0.143. The molecule has 0 heterocycles. The van der Waals surface area contributed by atoms with Crippen LogP contribution in [-0.4, -0.2) is 7.11 Å². The van der Waals surface area contributed by atoms with Crippen LogP contribution in [0.3, 0.4) is 0 Å². The van der Waals surface area contributed by atoms with Crippen LogP contribution in [0.5, 0.6) is 5.75 Å². The first kappa shape index (κ1) is 15.4. The van der Waals surface area contributed by atoms with Gasteiger partial charge in [0.2, 0.25) is 0 Å². The fourth-order valence-corrected chi connectivity index (χ4v) is 2.56. The van der Waals surface area contributed by atoms with Crippen LogP contribution < -0.4 is 10.5 Å². The maximum absolute atomic E-state index is 13.8. The van der Waals surface area contributed by atoms with E-state index in [9.17, 15) is 4.39 Å². The fourth-order valence-electron chi connectivity index (χ4n) is 1.86. The lowest BCUT2D eigenvalue weighted by Gasteiger charge is -2.17. The normalized spacial score (nSPS) is 12.3. The Labute approximate surface area is 131 Å². The molecule has 0 bridgehead atoms. The van der Waals surface area contributed by atoms with Gasteiger partial charge < -0.3 is 10.5 Å². The Balaban J connectivity index is 2.50. The first-order valence-corrected chi connectivity index (χ1v) is 6.81. The van der Waals surface area contributed by atoms with Crippen molar-refractivity contribution >= 4 is 34.8 Å². The summed E-state index contributed by atoms with van der Waals surface area (Å²) in [4.78, 5) is 0. The van der Waals surface area contributed by atoms with Crippen LogP contribution in [0.25, 0.3) is 0 Å².